The third-order valence-corrected chi connectivity index (χ3v) is 6.23. The molecule has 5 heteroatoms. The molecule has 1 atom stereocenters. The fourth-order valence-electron chi connectivity index (χ4n) is 3.45. The van der Waals surface area contributed by atoms with Crippen LogP contribution in [0.5, 0.6) is 0 Å². The van der Waals surface area contributed by atoms with E-state index in [0.29, 0.717) is 6.54 Å². The van der Waals surface area contributed by atoms with Crippen molar-refractivity contribution < 1.29 is 4.42 Å². The average Bonchev–Trinajstić information content (AvgIpc) is 3.38. The lowest BCUT2D eigenvalue weighted by molar-refractivity contribution is 0.475. The smallest absolute Gasteiger partial charge is 0.192 e. The van der Waals surface area contributed by atoms with Crippen LogP contribution in [0.3, 0.4) is 0 Å². The molecule has 2 heterocycles. The molecule has 148 valence electrons. The van der Waals surface area contributed by atoms with Gasteiger partial charge in [-0.05, 0) is 35.7 Å². The van der Waals surface area contributed by atoms with E-state index in [0.717, 1.165) is 16.7 Å². The summed E-state index contributed by atoms with van der Waals surface area (Å²) in [6.07, 6.45) is 1.71. The Morgan fingerprint density at radius 1 is 0.931 bits per heavy atom. The van der Waals surface area contributed by atoms with Crippen LogP contribution in [0.15, 0.2) is 82.6 Å². The van der Waals surface area contributed by atoms with Crippen LogP contribution in [-0.4, -0.2) is 14.8 Å². The topological polar surface area (TPSA) is 43.9 Å². The van der Waals surface area contributed by atoms with Crippen molar-refractivity contribution in [3.8, 4) is 0 Å². The van der Waals surface area contributed by atoms with Gasteiger partial charge in [-0.25, -0.2) is 0 Å². The molecule has 0 amide bonds. The first kappa shape index (κ1) is 19.5. The molecule has 1 unspecified atom stereocenters. The largest absolute Gasteiger partial charge is 0.467 e. The van der Waals surface area contributed by atoms with Gasteiger partial charge in [-0.3, -0.25) is 4.57 Å². The van der Waals surface area contributed by atoms with Crippen LogP contribution in [0.1, 0.15) is 53.3 Å². The van der Waals surface area contributed by atoms with Crippen molar-refractivity contribution in [1.29, 1.82) is 0 Å². The van der Waals surface area contributed by atoms with Gasteiger partial charge in [0.25, 0.3) is 0 Å². The van der Waals surface area contributed by atoms with E-state index in [4.69, 9.17) is 4.42 Å². The second kappa shape index (κ2) is 8.70. The van der Waals surface area contributed by atoms with Crippen molar-refractivity contribution in [2.75, 3.05) is 0 Å². The maximum Gasteiger partial charge on any atom is 0.192 e. The quantitative estimate of drug-likeness (QED) is 0.343. The summed E-state index contributed by atoms with van der Waals surface area (Å²) in [5, 5.41) is 10.1. The highest BCUT2D eigenvalue weighted by Gasteiger charge is 2.23. The van der Waals surface area contributed by atoms with Crippen LogP contribution >= 0.6 is 11.8 Å². The zero-order valence-corrected chi connectivity index (χ0v) is 17.8. The lowest BCUT2D eigenvalue weighted by atomic mass is 10.0. The minimum atomic E-state index is 0.136. The Bertz CT molecular complexity index is 1050. The minimum Gasteiger partial charge on any atom is -0.467 e. The molecule has 0 saturated carbocycles. The van der Waals surface area contributed by atoms with Gasteiger partial charge in [0.15, 0.2) is 5.16 Å². The number of benzene rings is 2. The van der Waals surface area contributed by atoms with E-state index < -0.39 is 0 Å². The molecule has 0 spiro atoms. The summed E-state index contributed by atoms with van der Waals surface area (Å²) in [6, 6.07) is 23.1. The van der Waals surface area contributed by atoms with E-state index in [1.165, 1.54) is 16.7 Å². The lowest BCUT2D eigenvalue weighted by Gasteiger charge is -2.20. The third kappa shape index (κ3) is 4.30. The van der Waals surface area contributed by atoms with E-state index in [-0.39, 0.29) is 11.2 Å². The van der Waals surface area contributed by atoms with E-state index in [2.05, 4.69) is 90.1 Å². The van der Waals surface area contributed by atoms with Crippen LogP contribution in [0.2, 0.25) is 0 Å². The number of aromatic nitrogens is 3. The van der Waals surface area contributed by atoms with Crippen molar-refractivity contribution >= 4 is 11.8 Å². The predicted octanol–water partition coefficient (Wildman–Crippen LogP) is 6.23. The molecule has 4 aromatic rings. The summed E-state index contributed by atoms with van der Waals surface area (Å²) >= 11 is 1.74. The summed E-state index contributed by atoms with van der Waals surface area (Å²) < 4.78 is 7.79. The molecule has 4 rings (SSSR count). The van der Waals surface area contributed by atoms with Crippen molar-refractivity contribution in [3.63, 3.8) is 0 Å². The minimum absolute atomic E-state index is 0.136. The Labute approximate surface area is 176 Å². The molecule has 4 nitrogen and oxygen atoms in total. The highest BCUT2D eigenvalue weighted by Crippen LogP contribution is 2.41. The van der Waals surface area contributed by atoms with E-state index in [1.807, 2.05) is 12.1 Å². The van der Waals surface area contributed by atoms with Gasteiger partial charge in [0.1, 0.15) is 11.6 Å². The Balaban J connectivity index is 1.76. The van der Waals surface area contributed by atoms with E-state index >= 15 is 0 Å². The molecule has 2 aromatic heterocycles. The summed E-state index contributed by atoms with van der Waals surface area (Å²) in [4.78, 5) is 0. The van der Waals surface area contributed by atoms with Gasteiger partial charge in [-0.15, -0.1) is 10.2 Å². The Kier molecular flexibility index (Phi) is 5.86. The zero-order chi connectivity index (χ0) is 20.2. The van der Waals surface area contributed by atoms with E-state index in [9.17, 15) is 0 Å². The molecule has 2 aromatic carbocycles. The van der Waals surface area contributed by atoms with Crippen molar-refractivity contribution in [2.45, 2.75) is 43.6 Å². The Hall–Kier alpha value is -2.79. The molecule has 0 bridgehead atoms. The molecule has 0 aliphatic carbocycles. The second-order valence-electron chi connectivity index (χ2n) is 7.43. The summed E-state index contributed by atoms with van der Waals surface area (Å²) in [5.74, 6) is 2.15. The molecule has 0 aliphatic rings. The van der Waals surface area contributed by atoms with Crippen LogP contribution in [-0.2, 0) is 6.54 Å². The molecule has 0 radical (unpaired) electrons. The van der Waals surface area contributed by atoms with Gasteiger partial charge < -0.3 is 4.42 Å². The van der Waals surface area contributed by atoms with E-state index in [1.54, 1.807) is 18.0 Å². The van der Waals surface area contributed by atoms with Crippen LogP contribution in [0.4, 0.5) is 0 Å². The normalized spacial score (nSPS) is 12.4. The summed E-state index contributed by atoms with van der Waals surface area (Å²) in [7, 11) is 0. The van der Waals surface area contributed by atoms with Gasteiger partial charge in [0, 0.05) is 5.92 Å². The Morgan fingerprint density at radius 2 is 1.69 bits per heavy atom. The fourth-order valence-corrected chi connectivity index (χ4v) is 4.72. The number of furan rings is 1. The number of hydrogen-bond donors (Lipinski definition) is 0. The molecule has 0 N–H and O–H groups in total. The second-order valence-corrected chi connectivity index (χ2v) is 8.50. The summed E-state index contributed by atoms with van der Waals surface area (Å²) in [6.45, 7) is 7.09. The lowest BCUT2D eigenvalue weighted by Crippen LogP contribution is -2.09. The molecule has 29 heavy (non-hydrogen) atoms. The maximum atomic E-state index is 5.60. The maximum absolute atomic E-state index is 5.60. The van der Waals surface area contributed by atoms with Crippen LogP contribution in [0, 0.1) is 6.92 Å². The highest BCUT2D eigenvalue weighted by atomic mass is 32.2. The first-order valence-electron chi connectivity index (χ1n) is 9.86. The predicted molar refractivity (Wildman–Crippen MR) is 117 cm³/mol. The number of aryl methyl sites for hydroxylation is 1. The molecule has 0 saturated heterocycles. The SMILES string of the molecule is Cc1ccccc1C(Sc1nnc(C(C)C)n1Cc1ccco1)c1ccccc1. The van der Waals surface area contributed by atoms with Gasteiger partial charge in [0.2, 0.25) is 0 Å². The van der Waals surface area contributed by atoms with Crippen molar-refractivity contribution in [3.05, 3.63) is 101 Å². The van der Waals surface area contributed by atoms with Crippen molar-refractivity contribution in [2.24, 2.45) is 0 Å². The third-order valence-electron chi connectivity index (χ3n) is 4.95. The number of hydrogen-bond acceptors (Lipinski definition) is 4. The van der Waals surface area contributed by atoms with Crippen LogP contribution in [0.25, 0.3) is 0 Å². The number of nitrogens with zero attached hydrogens (tertiary/aromatic N) is 3. The van der Waals surface area contributed by atoms with Gasteiger partial charge in [-0.2, -0.15) is 0 Å². The van der Waals surface area contributed by atoms with Crippen molar-refractivity contribution in [1.82, 2.24) is 14.8 Å². The fraction of sp³-hybridized carbons (Fsp3) is 0.250. The molecule has 0 fully saturated rings. The number of rotatable bonds is 7. The Morgan fingerprint density at radius 3 is 2.38 bits per heavy atom. The van der Waals surface area contributed by atoms with Crippen LogP contribution < -0.4 is 0 Å². The molecular weight excluding hydrogens is 378 g/mol. The standard InChI is InChI=1S/C24H25N3OS/c1-17(2)23-25-26-24(27(23)16-20-13-9-15-28-20)29-22(19-11-5-4-6-12-19)21-14-8-7-10-18(21)3/h4-15,17,22H,16H2,1-3H3. The monoisotopic (exact) mass is 403 g/mol. The van der Waals surface area contributed by atoms with Gasteiger partial charge in [-0.1, -0.05) is 80.2 Å². The molecule has 0 aliphatic heterocycles. The first-order chi connectivity index (χ1) is 14.1. The number of thioether (sulfide) groups is 1. The van der Waals surface area contributed by atoms with Gasteiger partial charge in [0.05, 0.1) is 18.1 Å². The first-order valence-corrected chi connectivity index (χ1v) is 10.7. The average molecular weight is 404 g/mol. The summed E-state index contributed by atoms with van der Waals surface area (Å²) in [5.41, 5.74) is 3.82. The zero-order valence-electron chi connectivity index (χ0n) is 16.9. The molecular formula is C24H25N3OS. The van der Waals surface area contributed by atoms with Gasteiger partial charge >= 0.3 is 0 Å². The highest BCUT2D eigenvalue weighted by molar-refractivity contribution is 7.99.